The fourth-order valence-corrected chi connectivity index (χ4v) is 3.48. The molecule has 0 aliphatic heterocycles. The molecule has 1 N–H and O–H groups in total. The van der Waals surface area contributed by atoms with Crippen molar-refractivity contribution in [3.63, 3.8) is 0 Å². The topological polar surface area (TPSA) is 81.4 Å². The number of methoxy groups -OCH3 is 1. The lowest BCUT2D eigenvalue weighted by atomic mass is 10.2. The van der Waals surface area contributed by atoms with E-state index in [1.807, 2.05) is 24.3 Å². The highest BCUT2D eigenvalue weighted by atomic mass is 32.1. The lowest BCUT2D eigenvalue weighted by Gasteiger charge is -2.04. The third-order valence-corrected chi connectivity index (χ3v) is 4.95. The Kier molecular flexibility index (Phi) is 4.43. The van der Waals surface area contributed by atoms with Crippen LogP contribution in [0.3, 0.4) is 0 Å². The minimum atomic E-state index is -0.431. The number of nitrogens with one attached hydrogen (secondary N) is 1. The highest BCUT2D eigenvalue weighted by Gasteiger charge is 2.15. The maximum atomic E-state index is 12.4. The molecule has 27 heavy (non-hydrogen) atoms. The molecule has 0 spiro atoms. The Balaban J connectivity index is 1.50. The van der Waals surface area contributed by atoms with Gasteiger partial charge in [-0.2, -0.15) is 0 Å². The van der Waals surface area contributed by atoms with Gasteiger partial charge in [0.1, 0.15) is 0 Å². The van der Waals surface area contributed by atoms with E-state index in [9.17, 15) is 9.59 Å². The van der Waals surface area contributed by atoms with E-state index in [-0.39, 0.29) is 11.7 Å². The van der Waals surface area contributed by atoms with E-state index >= 15 is 0 Å². The molecule has 0 saturated heterocycles. The number of carbonyl (C=O) groups is 2. The number of fused-ring (bicyclic) bond motifs is 1. The second kappa shape index (κ2) is 7.05. The van der Waals surface area contributed by atoms with Gasteiger partial charge >= 0.3 is 5.97 Å². The van der Waals surface area contributed by atoms with Crippen LogP contribution in [0.5, 0.6) is 0 Å². The predicted molar refractivity (Wildman–Crippen MR) is 103 cm³/mol. The Morgan fingerprint density at radius 3 is 2.56 bits per heavy atom. The Hall–Kier alpha value is -3.45. The van der Waals surface area contributed by atoms with Crippen LogP contribution in [0.1, 0.15) is 20.9 Å². The fraction of sp³-hybridized carbons (Fsp3) is 0.0500. The first-order chi connectivity index (χ1) is 13.1. The largest absolute Gasteiger partial charge is 0.465 e. The van der Waals surface area contributed by atoms with Gasteiger partial charge in [0.2, 0.25) is 0 Å². The summed E-state index contributed by atoms with van der Waals surface area (Å²) >= 11 is 1.51. The number of furan rings is 1. The number of para-hydroxylation sites is 1. The van der Waals surface area contributed by atoms with Gasteiger partial charge in [-0.05, 0) is 48.5 Å². The Morgan fingerprint density at radius 1 is 1.04 bits per heavy atom. The molecule has 0 bridgehead atoms. The number of esters is 1. The maximum Gasteiger partial charge on any atom is 0.337 e. The number of anilines is 1. The van der Waals surface area contributed by atoms with Crippen LogP contribution in [-0.4, -0.2) is 24.0 Å². The second-order valence-corrected chi connectivity index (χ2v) is 6.70. The summed E-state index contributed by atoms with van der Waals surface area (Å²) in [6, 6.07) is 17.6. The summed E-state index contributed by atoms with van der Waals surface area (Å²) in [5.41, 5.74) is 1.85. The predicted octanol–water partition coefficient (Wildman–Crippen LogP) is 4.60. The average Bonchev–Trinajstić information content (AvgIpc) is 3.34. The van der Waals surface area contributed by atoms with Crippen molar-refractivity contribution in [3.8, 4) is 10.8 Å². The Labute approximate surface area is 158 Å². The molecule has 0 aliphatic rings. The summed E-state index contributed by atoms with van der Waals surface area (Å²) in [7, 11) is 1.32. The molecule has 0 fully saturated rings. The first kappa shape index (κ1) is 17.0. The number of hydrogen-bond donors (Lipinski definition) is 1. The molecule has 134 valence electrons. The molecule has 4 rings (SSSR count). The van der Waals surface area contributed by atoms with E-state index in [1.54, 1.807) is 36.4 Å². The number of ether oxygens (including phenoxy) is 1. The van der Waals surface area contributed by atoms with Gasteiger partial charge < -0.3 is 14.5 Å². The molecule has 2 heterocycles. The van der Waals surface area contributed by atoms with Crippen molar-refractivity contribution in [2.45, 2.75) is 0 Å². The van der Waals surface area contributed by atoms with Gasteiger partial charge in [-0.25, -0.2) is 9.78 Å². The van der Waals surface area contributed by atoms with Crippen LogP contribution in [0, 0.1) is 0 Å². The Bertz CT molecular complexity index is 1100. The lowest BCUT2D eigenvalue weighted by Crippen LogP contribution is -2.11. The maximum absolute atomic E-state index is 12.4. The third-order valence-electron chi connectivity index (χ3n) is 3.90. The van der Waals surface area contributed by atoms with Crippen LogP contribution in [0.25, 0.3) is 21.0 Å². The van der Waals surface area contributed by atoms with Crippen LogP contribution in [0.15, 0.2) is 65.1 Å². The molecule has 0 atom stereocenters. The SMILES string of the molecule is COC(=O)c1ccc(NC(=O)c2ccc(-c3nc4ccccc4s3)o2)cc1. The highest BCUT2D eigenvalue weighted by Crippen LogP contribution is 2.31. The molecular weight excluding hydrogens is 364 g/mol. The third kappa shape index (κ3) is 3.45. The summed E-state index contributed by atoms with van der Waals surface area (Å²) in [6.07, 6.45) is 0. The lowest BCUT2D eigenvalue weighted by molar-refractivity contribution is 0.0600. The molecule has 0 saturated carbocycles. The van der Waals surface area contributed by atoms with E-state index in [0.29, 0.717) is 17.0 Å². The van der Waals surface area contributed by atoms with Crippen LogP contribution in [0.4, 0.5) is 5.69 Å². The van der Waals surface area contributed by atoms with Gasteiger partial charge in [0.15, 0.2) is 16.5 Å². The van der Waals surface area contributed by atoms with Gasteiger partial charge in [-0.15, -0.1) is 11.3 Å². The molecular formula is C20H14N2O4S. The summed E-state index contributed by atoms with van der Waals surface area (Å²) < 4.78 is 11.4. The quantitative estimate of drug-likeness (QED) is 0.525. The molecule has 6 nitrogen and oxygen atoms in total. The van der Waals surface area contributed by atoms with Gasteiger partial charge in [0.05, 0.1) is 22.9 Å². The average molecular weight is 378 g/mol. The number of benzene rings is 2. The first-order valence-corrected chi connectivity index (χ1v) is 8.91. The minimum absolute atomic E-state index is 0.182. The number of aromatic nitrogens is 1. The molecule has 7 heteroatoms. The van der Waals surface area contributed by atoms with Crippen molar-refractivity contribution in [1.29, 1.82) is 0 Å². The van der Waals surface area contributed by atoms with Crippen molar-refractivity contribution in [2.24, 2.45) is 0 Å². The van der Waals surface area contributed by atoms with Crippen LogP contribution in [-0.2, 0) is 4.74 Å². The number of rotatable bonds is 4. The molecule has 2 aromatic heterocycles. The van der Waals surface area contributed by atoms with Crippen LogP contribution >= 0.6 is 11.3 Å². The van der Waals surface area contributed by atoms with Crippen molar-refractivity contribution >= 4 is 39.1 Å². The summed E-state index contributed by atoms with van der Waals surface area (Å²) in [4.78, 5) is 28.4. The molecule has 0 unspecified atom stereocenters. The van der Waals surface area contributed by atoms with E-state index in [0.717, 1.165) is 15.2 Å². The van der Waals surface area contributed by atoms with Gasteiger partial charge in [0, 0.05) is 5.69 Å². The molecule has 4 aromatic rings. The van der Waals surface area contributed by atoms with Gasteiger partial charge in [0.25, 0.3) is 5.91 Å². The van der Waals surface area contributed by atoms with Crippen LogP contribution < -0.4 is 5.32 Å². The van der Waals surface area contributed by atoms with E-state index < -0.39 is 5.97 Å². The number of amides is 1. The van der Waals surface area contributed by atoms with Crippen LogP contribution in [0.2, 0.25) is 0 Å². The van der Waals surface area contributed by atoms with E-state index in [2.05, 4.69) is 15.0 Å². The normalized spacial score (nSPS) is 10.7. The van der Waals surface area contributed by atoms with Gasteiger partial charge in [-0.3, -0.25) is 4.79 Å². The minimum Gasteiger partial charge on any atom is -0.465 e. The van der Waals surface area contributed by atoms with E-state index in [1.165, 1.54) is 18.4 Å². The zero-order chi connectivity index (χ0) is 18.8. The zero-order valence-corrected chi connectivity index (χ0v) is 15.1. The van der Waals surface area contributed by atoms with E-state index in [4.69, 9.17) is 4.42 Å². The summed E-state index contributed by atoms with van der Waals surface area (Å²) in [5, 5.41) is 3.45. The highest BCUT2D eigenvalue weighted by molar-refractivity contribution is 7.21. The second-order valence-electron chi connectivity index (χ2n) is 5.67. The Morgan fingerprint density at radius 2 is 1.81 bits per heavy atom. The fourth-order valence-electron chi connectivity index (χ4n) is 2.55. The molecule has 0 radical (unpaired) electrons. The monoisotopic (exact) mass is 378 g/mol. The number of nitrogens with zero attached hydrogens (tertiary/aromatic N) is 1. The van der Waals surface area contributed by atoms with Crippen molar-refractivity contribution in [1.82, 2.24) is 4.98 Å². The number of hydrogen-bond acceptors (Lipinski definition) is 6. The first-order valence-electron chi connectivity index (χ1n) is 8.09. The van der Waals surface area contributed by atoms with Crippen molar-refractivity contribution < 1.29 is 18.7 Å². The number of thiazole rings is 1. The molecule has 0 aliphatic carbocycles. The summed E-state index contributed by atoms with van der Waals surface area (Å²) in [5.74, 6) is -0.0868. The molecule has 1 amide bonds. The number of carbonyl (C=O) groups excluding carboxylic acids is 2. The smallest absolute Gasteiger partial charge is 0.337 e. The van der Waals surface area contributed by atoms with Gasteiger partial charge in [-0.1, -0.05) is 12.1 Å². The van der Waals surface area contributed by atoms with Crippen molar-refractivity contribution in [3.05, 3.63) is 72.0 Å². The summed E-state index contributed by atoms with van der Waals surface area (Å²) in [6.45, 7) is 0. The standard InChI is InChI=1S/C20H14N2O4S/c1-25-20(24)12-6-8-13(9-7-12)21-18(23)15-10-11-16(26-15)19-22-14-4-2-3-5-17(14)27-19/h2-11H,1H3,(H,21,23). The molecule has 2 aromatic carbocycles. The van der Waals surface area contributed by atoms with Crippen molar-refractivity contribution in [2.75, 3.05) is 12.4 Å². The zero-order valence-electron chi connectivity index (χ0n) is 14.3.